The van der Waals surface area contributed by atoms with Gasteiger partial charge in [0.1, 0.15) is 0 Å². The van der Waals surface area contributed by atoms with Crippen molar-refractivity contribution in [1.82, 2.24) is 5.32 Å². The van der Waals surface area contributed by atoms with E-state index >= 15 is 0 Å². The van der Waals surface area contributed by atoms with Gasteiger partial charge in [0.2, 0.25) is 0 Å². The summed E-state index contributed by atoms with van der Waals surface area (Å²) in [6.45, 7) is 2.79. The third-order valence-corrected chi connectivity index (χ3v) is 3.31. The minimum atomic E-state index is 0.539. The van der Waals surface area contributed by atoms with Crippen LogP contribution in [0.1, 0.15) is 44.1 Å². The summed E-state index contributed by atoms with van der Waals surface area (Å²) >= 11 is 0. The Kier molecular flexibility index (Phi) is 5.59. The first-order valence-corrected chi connectivity index (χ1v) is 6.78. The summed E-state index contributed by atoms with van der Waals surface area (Å²) in [6.07, 6.45) is 11.8. The fourth-order valence-corrected chi connectivity index (χ4v) is 2.30. The zero-order valence-electron chi connectivity index (χ0n) is 10.5. The maximum Gasteiger partial charge on any atom is 0.0947 e. The Morgan fingerprint density at radius 3 is 2.94 bits per heavy atom. The lowest BCUT2D eigenvalue weighted by atomic mass is 9.98. The summed E-state index contributed by atoms with van der Waals surface area (Å²) in [5, 5.41) is 3.39. The summed E-state index contributed by atoms with van der Waals surface area (Å²) < 4.78 is 10.9. The van der Waals surface area contributed by atoms with E-state index in [1.165, 1.54) is 37.7 Å². The Morgan fingerprint density at radius 1 is 1.29 bits per heavy atom. The molecule has 0 bridgehead atoms. The third kappa shape index (κ3) is 4.92. The molecule has 1 aromatic rings. The molecule has 17 heavy (non-hydrogen) atoms. The summed E-state index contributed by atoms with van der Waals surface area (Å²) in [5.41, 5.74) is 1.21. The zero-order chi connectivity index (χ0) is 11.8. The maximum atomic E-state index is 5.86. The molecular formula is C14H23NO2. The van der Waals surface area contributed by atoms with E-state index in [1.807, 2.05) is 6.07 Å². The topological polar surface area (TPSA) is 34.4 Å². The highest BCUT2D eigenvalue weighted by atomic mass is 16.5. The number of hydrogen-bond acceptors (Lipinski definition) is 3. The summed E-state index contributed by atoms with van der Waals surface area (Å²) in [7, 11) is 0. The Labute approximate surface area is 104 Å². The summed E-state index contributed by atoms with van der Waals surface area (Å²) in [5.74, 6) is 0. The largest absolute Gasteiger partial charge is 0.472 e. The first-order valence-electron chi connectivity index (χ1n) is 6.78. The normalized spacial score (nSPS) is 17.4. The molecule has 1 aliphatic rings. The molecule has 0 atom stereocenters. The molecule has 0 aromatic carbocycles. The van der Waals surface area contributed by atoms with E-state index in [-0.39, 0.29) is 0 Å². The van der Waals surface area contributed by atoms with Crippen LogP contribution in [0, 0.1) is 0 Å². The minimum absolute atomic E-state index is 0.539. The monoisotopic (exact) mass is 237 g/mol. The predicted molar refractivity (Wildman–Crippen MR) is 67.9 cm³/mol. The molecular weight excluding hydrogens is 214 g/mol. The molecule has 0 saturated heterocycles. The zero-order valence-corrected chi connectivity index (χ0v) is 10.5. The molecule has 96 valence electrons. The van der Waals surface area contributed by atoms with Crippen LogP contribution in [0.2, 0.25) is 0 Å². The van der Waals surface area contributed by atoms with Gasteiger partial charge in [-0.3, -0.25) is 0 Å². The van der Waals surface area contributed by atoms with Gasteiger partial charge in [-0.05, 0) is 31.9 Å². The highest BCUT2D eigenvalue weighted by molar-refractivity contribution is 5.04. The van der Waals surface area contributed by atoms with Crippen molar-refractivity contribution in [2.45, 2.75) is 51.2 Å². The van der Waals surface area contributed by atoms with Gasteiger partial charge in [-0.15, -0.1) is 0 Å². The Morgan fingerprint density at radius 2 is 2.18 bits per heavy atom. The molecule has 3 nitrogen and oxygen atoms in total. The highest BCUT2D eigenvalue weighted by Gasteiger charge is 2.12. The Bertz CT molecular complexity index is 278. The van der Waals surface area contributed by atoms with Crippen LogP contribution >= 0.6 is 0 Å². The van der Waals surface area contributed by atoms with Crippen LogP contribution in [0.3, 0.4) is 0 Å². The third-order valence-electron chi connectivity index (χ3n) is 3.31. The van der Waals surface area contributed by atoms with Crippen molar-refractivity contribution in [3.05, 3.63) is 24.2 Å². The van der Waals surface area contributed by atoms with Crippen LogP contribution in [-0.4, -0.2) is 19.3 Å². The van der Waals surface area contributed by atoms with Crippen molar-refractivity contribution < 1.29 is 9.15 Å². The molecule has 3 heteroatoms. The van der Waals surface area contributed by atoms with Crippen LogP contribution in [0.25, 0.3) is 0 Å². The number of furan rings is 1. The van der Waals surface area contributed by atoms with Crippen molar-refractivity contribution >= 4 is 0 Å². The van der Waals surface area contributed by atoms with E-state index in [1.54, 1.807) is 12.5 Å². The SMILES string of the molecule is c1cc(CNCCCOC2CCCCC2)co1. The second-order valence-corrected chi connectivity index (χ2v) is 4.79. The van der Waals surface area contributed by atoms with Crippen molar-refractivity contribution in [2.24, 2.45) is 0 Å². The van der Waals surface area contributed by atoms with Gasteiger partial charge in [0.05, 0.1) is 18.6 Å². The second kappa shape index (κ2) is 7.51. The van der Waals surface area contributed by atoms with Gasteiger partial charge < -0.3 is 14.5 Å². The van der Waals surface area contributed by atoms with Crippen LogP contribution in [0.5, 0.6) is 0 Å². The molecule has 1 N–H and O–H groups in total. The van der Waals surface area contributed by atoms with E-state index in [4.69, 9.17) is 9.15 Å². The average molecular weight is 237 g/mol. The predicted octanol–water partition coefficient (Wildman–Crippen LogP) is 3.11. The quantitative estimate of drug-likeness (QED) is 0.740. The van der Waals surface area contributed by atoms with E-state index in [0.29, 0.717) is 6.10 Å². The number of rotatable bonds is 7. The van der Waals surface area contributed by atoms with E-state index in [9.17, 15) is 0 Å². The van der Waals surface area contributed by atoms with Crippen molar-refractivity contribution in [2.75, 3.05) is 13.2 Å². The first-order chi connectivity index (χ1) is 8.45. The van der Waals surface area contributed by atoms with Gasteiger partial charge in [0.25, 0.3) is 0 Å². The average Bonchev–Trinajstić information content (AvgIpc) is 2.88. The second-order valence-electron chi connectivity index (χ2n) is 4.79. The molecule has 1 aromatic heterocycles. The van der Waals surface area contributed by atoms with Crippen LogP contribution < -0.4 is 5.32 Å². The lowest BCUT2D eigenvalue weighted by Crippen LogP contribution is -2.20. The van der Waals surface area contributed by atoms with Gasteiger partial charge in [-0.25, -0.2) is 0 Å². The fourth-order valence-electron chi connectivity index (χ4n) is 2.30. The highest BCUT2D eigenvalue weighted by Crippen LogP contribution is 2.20. The van der Waals surface area contributed by atoms with Crippen molar-refractivity contribution in [1.29, 1.82) is 0 Å². The summed E-state index contributed by atoms with van der Waals surface area (Å²) in [6, 6.07) is 1.99. The molecule has 1 heterocycles. The molecule has 0 radical (unpaired) electrons. The van der Waals surface area contributed by atoms with Gasteiger partial charge >= 0.3 is 0 Å². The molecule has 2 rings (SSSR count). The molecule has 0 amide bonds. The molecule has 1 aliphatic carbocycles. The molecule has 1 saturated carbocycles. The lowest BCUT2D eigenvalue weighted by molar-refractivity contribution is 0.0273. The summed E-state index contributed by atoms with van der Waals surface area (Å²) in [4.78, 5) is 0. The fraction of sp³-hybridized carbons (Fsp3) is 0.714. The Hall–Kier alpha value is -0.800. The van der Waals surface area contributed by atoms with Gasteiger partial charge in [-0.1, -0.05) is 19.3 Å². The molecule has 0 spiro atoms. The first kappa shape index (κ1) is 12.7. The smallest absolute Gasteiger partial charge is 0.0947 e. The maximum absolute atomic E-state index is 5.86. The van der Waals surface area contributed by atoms with Crippen molar-refractivity contribution in [3.63, 3.8) is 0 Å². The van der Waals surface area contributed by atoms with Crippen LogP contribution in [-0.2, 0) is 11.3 Å². The molecule has 1 fully saturated rings. The number of nitrogens with one attached hydrogen (secondary N) is 1. The Balaban J connectivity index is 1.43. The van der Waals surface area contributed by atoms with E-state index in [0.717, 1.165) is 26.1 Å². The molecule has 0 aliphatic heterocycles. The lowest BCUT2D eigenvalue weighted by Gasteiger charge is -2.21. The minimum Gasteiger partial charge on any atom is -0.472 e. The van der Waals surface area contributed by atoms with Crippen LogP contribution in [0.15, 0.2) is 23.0 Å². The van der Waals surface area contributed by atoms with Gasteiger partial charge in [0.15, 0.2) is 0 Å². The van der Waals surface area contributed by atoms with Crippen molar-refractivity contribution in [3.8, 4) is 0 Å². The van der Waals surface area contributed by atoms with E-state index < -0.39 is 0 Å². The number of ether oxygens (including phenoxy) is 1. The van der Waals surface area contributed by atoms with E-state index in [2.05, 4.69) is 5.32 Å². The van der Waals surface area contributed by atoms with Gasteiger partial charge in [-0.2, -0.15) is 0 Å². The molecule has 0 unspecified atom stereocenters. The van der Waals surface area contributed by atoms with Gasteiger partial charge in [0, 0.05) is 18.7 Å². The standard InChI is InChI=1S/C14H23NO2/c1-2-5-14(6-3-1)17-9-4-8-15-11-13-7-10-16-12-13/h7,10,12,14-15H,1-6,8-9,11H2. The van der Waals surface area contributed by atoms with Crippen LogP contribution in [0.4, 0.5) is 0 Å². The number of hydrogen-bond donors (Lipinski definition) is 1.